The molecule has 0 aliphatic heterocycles. The molecule has 0 radical (unpaired) electrons. The van der Waals surface area contributed by atoms with Gasteiger partial charge in [-0.1, -0.05) is 48.2 Å². The van der Waals surface area contributed by atoms with Crippen LogP contribution in [0.15, 0.2) is 82.8 Å². The molecule has 140 valence electrons. The Balaban J connectivity index is 1.58. The van der Waals surface area contributed by atoms with E-state index < -0.39 is 0 Å². The largest absolute Gasteiger partial charge is 0.350 e. The van der Waals surface area contributed by atoms with E-state index in [9.17, 15) is 9.18 Å². The molecule has 0 saturated heterocycles. The standard InChI is InChI=1S/C22H18FN3OS/c23-18-9-2-4-11-20(18)28-22-17(16-8-1-3-10-19(16)26-22)13-21(27)25-14-15-7-5-6-12-24-15/h1-12,26H,13-14H2,(H,25,27). The first kappa shape index (κ1) is 18.3. The molecule has 0 atom stereocenters. The summed E-state index contributed by atoms with van der Waals surface area (Å²) < 4.78 is 14.1. The summed E-state index contributed by atoms with van der Waals surface area (Å²) in [5.41, 5.74) is 2.59. The summed E-state index contributed by atoms with van der Waals surface area (Å²) >= 11 is 1.30. The number of pyridine rings is 1. The monoisotopic (exact) mass is 391 g/mol. The molecule has 0 unspecified atom stereocenters. The fourth-order valence-electron chi connectivity index (χ4n) is 2.99. The first-order chi connectivity index (χ1) is 13.7. The van der Waals surface area contributed by atoms with Crippen LogP contribution in [0.25, 0.3) is 10.9 Å². The molecule has 28 heavy (non-hydrogen) atoms. The van der Waals surface area contributed by atoms with E-state index in [1.54, 1.807) is 24.4 Å². The van der Waals surface area contributed by atoms with Crippen LogP contribution in [0.4, 0.5) is 4.39 Å². The van der Waals surface area contributed by atoms with Crippen molar-refractivity contribution in [3.8, 4) is 0 Å². The Kier molecular flexibility index (Phi) is 5.39. The van der Waals surface area contributed by atoms with Crippen molar-refractivity contribution in [1.82, 2.24) is 15.3 Å². The molecular formula is C22H18FN3OS. The second kappa shape index (κ2) is 8.27. The molecule has 4 nitrogen and oxygen atoms in total. The smallest absolute Gasteiger partial charge is 0.224 e. The van der Waals surface area contributed by atoms with Crippen LogP contribution in [0.3, 0.4) is 0 Å². The van der Waals surface area contributed by atoms with Crippen molar-refractivity contribution in [1.29, 1.82) is 0 Å². The molecule has 4 aromatic rings. The number of carbonyl (C=O) groups is 1. The van der Waals surface area contributed by atoms with Crippen LogP contribution in [0, 0.1) is 5.82 Å². The van der Waals surface area contributed by atoms with Crippen LogP contribution in [-0.2, 0) is 17.8 Å². The van der Waals surface area contributed by atoms with Gasteiger partial charge in [0.2, 0.25) is 5.91 Å². The molecule has 0 saturated carbocycles. The number of rotatable bonds is 6. The SMILES string of the molecule is O=C(Cc1c(Sc2ccccc2F)[nH]c2ccccc12)NCc1ccccn1. The number of nitrogens with one attached hydrogen (secondary N) is 2. The van der Waals surface area contributed by atoms with Crippen molar-refractivity contribution in [2.24, 2.45) is 0 Å². The molecule has 2 heterocycles. The maximum atomic E-state index is 14.1. The van der Waals surface area contributed by atoms with Gasteiger partial charge in [0.15, 0.2) is 0 Å². The Morgan fingerprint density at radius 1 is 1.04 bits per heavy atom. The third kappa shape index (κ3) is 4.07. The van der Waals surface area contributed by atoms with Gasteiger partial charge in [-0.05, 0) is 30.3 Å². The molecule has 2 aromatic heterocycles. The summed E-state index contributed by atoms with van der Waals surface area (Å²) in [7, 11) is 0. The summed E-state index contributed by atoms with van der Waals surface area (Å²) in [6.07, 6.45) is 1.90. The van der Waals surface area contributed by atoms with Gasteiger partial charge in [0, 0.05) is 27.6 Å². The quantitative estimate of drug-likeness (QED) is 0.500. The lowest BCUT2D eigenvalue weighted by atomic mass is 10.1. The summed E-state index contributed by atoms with van der Waals surface area (Å²) in [4.78, 5) is 20.6. The molecule has 2 N–H and O–H groups in total. The van der Waals surface area contributed by atoms with E-state index in [4.69, 9.17) is 0 Å². The predicted octanol–water partition coefficient (Wildman–Crippen LogP) is 4.71. The summed E-state index contributed by atoms with van der Waals surface area (Å²) in [5.74, 6) is -0.387. The van der Waals surface area contributed by atoms with E-state index >= 15 is 0 Å². The van der Waals surface area contributed by atoms with Crippen LogP contribution in [0.2, 0.25) is 0 Å². The van der Waals surface area contributed by atoms with Crippen molar-refractivity contribution >= 4 is 28.6 Å². The van der Waals surface area contributed by atoms with E-state index in [1.165, 1.54) is 17.8 Å². The van der Waals surface area contributed by atoms with Crippen LogP contribution in [0.1, 0.15) is 11.3 Å². The van der Waals surface area contributed by atoms with Gasteiger partial charge in [-0.25, -0.2) is 4.39 Å². The number of hydrogen-bond acceptors (Lipinski definition) is 3. The molecule has 6 heteroatoms. The molecule has 0 aliphatic carbocycles. The molecule has 2 aromatic carbocycles. The number of fused-ring (bicyclic) bond motifs is 1. The number of aromatic amines is 1. The van der Waals surface area contributed by atoms with Crippen LogP contribution < -0.4 is 5.32 Å². The Morgan fingerprint density at radius 3 is 2.64 bits per heavy atom. The second-order valence-electron chi connectivity index (χ2n) is 6.29. The zero-order chi connectivity index (χ0) is 19.3. The first-order valence-electron chi connectivity index (χ1n) is 8.89. The number of aromatic nitrogens is 2. The van der Waals surface area contributed by atoms with Crippen molar-refractivity contribution in [2.75, 3.05) is 0 Å². The minimum Gasteiger partial charge on any atom is -0.350 e. The first-order valence-corrected chi connectivity index (χ1v) is 9.71. The van der Waals surface area contributed by atoms with Gasteiger partial charge in [-0.2, -0.15) is 0 Å². The Bertz CT molecular complexity index is 1110. The van der Waals surface area contributed by atoms with E-state index in [2.05, 4.69) is 15.3 Å². The number of halogens is 1. The fourth-order valence-corrected chi connectivity index (χ4v) is 3.99. The maximum absolute atomic E-state index is 14.1. The second-order valence-corrected chi connectivity index (χ2v) is 7.34. The Hall–Kier alpha value is -3.12. The van der Waals surface area contributed by atoms with Crippen molar-refractivity contribution < 1.29 is 9.18 Å². The summed E-state index contributed by atoms with van der Waals surface area (Å²) in [6.45, 7) is 0.373. The van der Waals surface area contributed by atoms with Crippen molar-refractivity contribution in [3.63, 3.8) is 0 Å². The number of amides is 1. The lowest BCUT2D eigenvalue weighted by Gasteiger charge is -2.07. The van der Waals surface area contributed by atoms with Crippen LogP contribution in [-0.4, -0.2) is 15.9 Å². The minimum absolute atomic E-state index is 0.106. The number of benzene rings is 2. The maximum Gasteiger partial charge on any atom is 0.224 e. The number of carbonyl (C=O) groups excluding carboxylic acids is 1. The number of H-pyrrole nitrogens is 1. The molecule has 0 aliphatic rings. The topological polar surface area (TPSA) is 57.8 Å². The van der Waals surface area contributed by atoms with E-state index in [0.717, 1.165) is 27.2 Å². The van der Waals surface area contributed by atoms with Gasteiger partial charge < -0.3 is 10.3 Å². The lowest BCUT2D eigenvalue weighted by molar-refractivity contribution is -0.120. The minimum atomic E-state index is -0.281. The average molecular weight is 391 g/mol. The van der Waals surface area contributed by atoms with Crippen LogP contribution in [0.5, 0.6) is 0 Å². The van der Waals surface area contributed by atoms with Crippen molar-refractivity contribution in [3.05, 3.63) is 90.0 Å². The fraction of sp³-hybridized carbons (Fsp3) is 0.0909. The predicted molar refractivity (Wildman–Crippen MR) is 109 cm³/mol. The van der Waals surface area contributed by atoms with Gasteiger partial charge in [0.1, 0.15) is 5.82 Å². The van der Waals surface area contributed by atoms with E-state index in [1.807, 2.05) is 42.5 Å². The molecule has 0 spiro atoms. The summed E-state index contributed by atoms with van der Waals surface area (Å²) in [6, 6.07) is 20.0. The highest BCUT2D eigenvalue weighted by molar-refractivity contribution is 7.99. The molecule has 0 fully saturated rings. The number of nitrogens with zero attached hydrogens (tertiary/aromatic N) is 1. The van der Waals surface area contributed by atoms with Gasteiger partial charge in [-0.15, -0.1) is 0 Å². The molecule has 4 rings (SSSR count). The number of para-hydroxylation sites is 1. The third-order valence-electron chi connectivity index (χ3n) is 4.35. The van der Waals surface area contributed by atoms with Gasteiger partial charge in [0.25, 0.3) is 0 Å². The zero-order valence-corrected chi connectivity index (χ0v) is 15.8. The Morgan fingerprint density at radius 2 is 1.82 bits per heavy atom. The van der Waals surface area contributed by atoms with Crippen molar-refractivity contribution in [2.45, 2.75) is 22.9 Å². The average Bonchev–Trinajstić information content (AvgIpc) is 3.06. The lowest BCUT2D eigenvalue weighted by Crippen LogP contribution is -2.25. The zero-order valence-electron chi connectivity index (χ0n) is 15.0. The third-order valence-corrected chi connectivity index (χ3v) is 5.46. The highest BCUT2D eigenvalue weighted by atomic mass is 32.2. The highest BCUT2D eigenvalue weighted by Gasteiger charge is 2.17. The summed E-state index contributed by atoms with van der Waals surface area (Å²) in [5, 5.41) is 4.65. The highest BCUT2D eigenvalue weighted by Crippen LogP contribution is 2.35. The molecular weight excluding hydrogens is 373 g/mol. The van der Waals surface area contributed by atoms with Gasteiger partial charge >= 0.3 is 0 Å². The van der Waals surface area contributed by atoms with E-state index in [0.29, 0.717) is 11.4 Å². The normalized spacial score (nSPS) is 10.9. The van der Waals surface area contributed by atoms with Gasteiger partial charge in [0.05, 0.1) is 23.7 Å². The molecule has 0 bridgehead atoms. The Labute approximate surface area is 166 Å². The van der Waals surface area contributed by atoms with Gasteiger partial charge in [-0.3, -0.25) is 9.78 Å². The van der Waals surface area contributed by atoms with E-state index in [-0.39, 0.29) is 18.1 Å². The van der Waals surface area contributed by atoms with Crippen LogP contribution >= 0.6 is 11.8 Å². The molecule has 1 amide bonds. The number of hydrogen-bond donors (Lipinski definition) is 2.